The van der Waals surface area contributed by atoms with Crippen molar-refractivity contribution in [3.8, 4) is 5.75 Å². The molecule has 1 saturated heterocycles. The van der Waals surface area contributed by atoms with Crippen LogP contribution in [0.3, 0.4) is 0 Å². The number of anilines is 2. The summed E-state index contributed by atoms with van der Waals surface area (Å²) < 4.78 is 18.0. The Bertz CT molecular complexity index is 1010. The van der Waals surface area contributed by atoms with Crippen LogP contribution in [0.1, 0.15) is 23.2 Å². The zero-order chi connectivity index (χ0) is 27.9. The number of carboxylic acids is 2. The van der Waals surface area contributed by atoms with Crippen LogP contribution in [0, 0.1) is 0 Å². The molecule has 208 valence electrons. The summed E-state index contributed by atoms with van der Waals surface area (Å²) in [7, 11) is 3.97. The van der Waals surface area contributed by atoms with Crippen molar-refractivity contribution in [3.63, 3.8) is 0 Å². The van der Waals surface area contributed by atoms with Gasteiger partial charge < -0.3 is 30.1 Å². The van der Waals surface area contributed by atoms with E-state index in [1.165, 1.54) is 0 Å². The standard InChI is InChI=1S/C25H35FN4O2.C2H2O4/c1-28(2)22-11-9-21(10-12-22)25(31)27-14-5-6-15-29-16-18-30(19-17-29)23-7-3-4-8-24(23)32-20-13-26;3-1(4)2(5)6/h3-4,7-12H,5-6,13-20H2,1-2H3,(H,27,31);(H,3,4)(H,5,6). The molecule has 1 aliphatic rings. The number of piperazine rings is 1. The fourth-order valence-corrected chi connectivity index (χ4v) is 3.88. The molecular formula is C27H37FN4O6. The number of ether oxygens (including phenoxy) is 1. The first-order chi connectivity index (χ1) is 18.2. The van der Waals surface area contributed by atoms with Gasteiger partial charge in [-0.2, -0.15) is 0 Å². The number of aliphatic carboxylic acids is 2. The van der Waals surface area contributed by atoms with Gasteiger partial charge in [-0.05, 0) is 55.8 Å². The van der Waals surface area contributed by atoms with Crippen molar-refractivity contribution in [2.24, 2.45) is 0 Å². The summed E-state index contributed by atoms with van der Waals surface area (Å²) in [6.45, 7) is 5.16. The number of nitrogens with zero attached hydrogens (tertiary/aromatic N) is 3. The second-order valence-electron chi connectivity index (χ2n) is 8.85. The van der Waals surface area contributed by atoms with Gasteiger partial charge in [0.1, 0.15) is 19.0 Å². The second kappa shape index (κ2) is 16.1. The molecule has 0 bridgehead atoms. The summed E-state index contributed by atoms with van der Waals surface area (Å²) in [5.41, 5.74) is 2.82. The predicted octanol–water partition coefficient (Wildman–Crippen LogP) is 2.59. The molecule has 1 aliphatic heterocycles. The SMILES string of the molecule is CN(C)c1ccc(C(=O)NCCCCN2CCN(c3ccccc3OCCF)CC2)cc1.O=C(O)C(=O)O. The van der Waals surface area contributed by atoms with E-state index in [1.807, 2.05) is 67.5 Å². The smallest absolute Gasteiger partial charge is 0.414 e. The maximum Gasteiger partial charge on any atom is 0.414 e. The molecule has 2 aromatic carbocycles. The van der Waals surface area contributed by atoms with Crippen LogP contribution in [0.25, 0.3) is 0 Å². The van der Waals surface area contributed by atoms with E-state index in [0.717, 1.165) is 62.7 Å². The van der Waals surface area contributed by atoms with E-state index in [2.05, 4.69) is 15.1 Å². The summed E-state index contributed by atoms with van der Waals surface area (Å²) >= 11 is 0. The van der Waals surface area contributed by atoms with Crippen molar-refractivity contribution >= 4 is 29.2 Å². The highest BCUT2D eigenvalue weighted by molar-refractivity contribution is 6.27. The minimum atomic E-state index is -1.82. The number of hydrogen-bond donors (Lipinski definition) is 3. The van der Waals surface area contributed by atoms with E-state index in [9.17, 15) is 9.18 Å². The number of benzene rings is 2. The van der Waals surface area contributed by atoms with Gasteiger partial charge in [-0.3, -0.25) is 9.69 Å². The number of amides is 1. The fraction of sp³-hybridized carbons (Fsp3) is 0.444. The van der Waals surface area contributed by atoms with Gasteiger partial charge in [0, 0.05) is 58.1 Å². The Morgan fingerprint density at radius 3 is 2.16 bits per heavy atom. The largest absolute Gasteiger partial charge is 0.489 e. The molecule has 1 fully saturated rings. The molecule has 1 heterocycles. The lowest BCUT2D eigenvalue weighted by molar-refractivity contribution is -0.159. The number of rotatable bonds is 11. The molecule has 0 radical (unpaired) electrons. The van der Waals surface area contributed by atoms with Gasteiger partial charge in [-0.15, -0.1) is 0 Å². The topological polar surface area (TPSA) is 123 Å². The first-order valence-corrected chi connectivity index (χ1v) is 12.5. The molecule has 1 amide bonds. The third-order valence-electron chi connectivity index (χ3n) is 5.93. The molecule has 0 aliphatic carbocycles. The van der Waals surface area contributed by atoms with Gasteiger partial charge in [0.05, 0.1) is 5.69 Å². The van der Waals surface area contributed by atoms with Crippen LogP contribution in [-0.2, 0) is 9.59 Å². The second-order valence-corrected chi connectivity index (χ2v) is 8.85. The molecular weight excluding hydrogens is 495 g/mol. The highest BCUT2D eigenvalue weighted by atomic mass is 19.1. The van der Waals surface area contributed by atoms with Gasteiger partial charge in [0.15, 0.2) is 0 Å². The van der Waals surface area contributed by atoms with Crippen molar-refractivity contribution in [2.75, 3.05) is 76.4 Å². The maximum atomic E-state index is 12.5. The van der Waals surface area contributed by atoms with Crippen molar-refractivity contribution in [1.82, 2.24) is 10.2 Å². The Morgan fingerprint density at radius 1 is 0.947 bits per heavy atom. The predicted molar refractivity (Wildman–Crippen MR) is 144 cm³/mol. The van der Waals surface area contributed by atoms with E-state index in [0.29, 0.717) is 12.1 Å². The van der Waals surface area contributed by atoms with Gasteiger partial charge in [0.2, 0.25) is 0 Å². The number of alkyl halides is 1. The first-order valence-electron chi connectivity index (χ1n) is 12.5. The van der Waals surface area contributed by atoms with E-state index < -0.39 is 18.6 Å². The summed E-state index contributed by atoms with van der Waals surface area (Å²) in [6.07, 6.45) is 2.01. The number of halogens is 1. The average molecular weight is 533 g/mol. The molecule has 0 atom stereocenters. The van der Waals surface area contributed by atoms with E-state index in [1.54, 1.807) is 0 Å². The van der Waals surface area contributed by atoms with Crippen LogP contribution in [0.5, 0.6) is 5.75 Å². The third-order valence-corrected chi connectivity index (χ3v) is 5.93. The van der Waals surface area contributed by atoms with Crippen LogP contribution < -0.4 is 19.9 Å². The zero-order valence-electron chi connectivity index (χ0n) is 21.9. The summed E-state index contributed by atoms with van der Waals surface area (Å²) in [5, 5.41) is 17.8. The van der Waals surface area contributed by atoms with Crippen molar-refractivity contribution in [1.29, 1.82) is 0 Å². The van der Waals surface area contributed by atoms with Crippen LogP contribution in [0.15, 0.2) is 48.5 Å². The molecule has 0 saturated carbocycles. The number of carbonyl (C=O) groups is 3. The van der Waals surface area contributed by atoms with Gasteiger partial charge in [-0.25, -0.2) is 14.0 Å². The number of para-hydroxylation sites is 2. The Kier molecular flexibility index (Phi) is 12.8. The Balaban J connectivity index is 0.000000757. The molecule has 11 heteroatoms. The molecule has 0 aromatic heterocycles. The molecule has 38 heavy (non-hydrogen) atoms. The number of unbranched alkanes of at least 4 members (excludes halogenated alkanes) is 1. The number of hydrogen-bond acceptors (Lipinski definition) is 7. The highest BCUT2D eigenvalue weighted by Crippen LogP contribution is 2.28. The number of nitrogens with one attached hydrogen (secondary N) is 1. The minimum absolute atomic E-state index is 0.0161. The lowest BCUT2D eigenvalue weighted by Gasteiger charge is -2.36. The Labute approximate surface area is 222 Å². The van der Waals surface area contributed by atoms with E-state index in [-0.39, 0.29) is 12.5 Å². The van der Waals surface area contributed by atoms with Gasteiger partial charge in [-0.1, -0.05) is 12.1 Å². The van der Waals surface area contributed by atoms with Crippen molar-refractivity contribution in [2.45, 2.75) is 12.8 Å². The third kappa shape index (κ3) is 10.3. The minimum Gasteiger partial charge on any atom is -0.489 e. The number of carbonyl (C=O) groups excluding carboxylic acids is 1. The molecule has 0 spiro atoms. The van der Waals surface area contributed by atoms with Crippen molar-refractivity contribution in [3.05, 3.63) is 54.1 Å². The molecule has 3 rings (SSSR count). The normalized spacial score (nSPS) is 13.2. The fourth-order valence-electron chi connectivity index (χ4n) is 3.88. The lowest BCUT2D eigenvalue weighted by atomic mass is 10.2. The summed E-state index contributed by atoms with van der Waals surface area (Å²) in [5.74, 6) is -2.91. The van der Waals surface area contributed by atoms with Gasteiger partial charge >= 0.3 is 11.9 Å². The molecule has 2 aromatic rings. The average Bonchev–Trinajstić information content (AvgIpc) is 2.92. The monoisotopic (exact) mass is 532 g/mol. The summed E-state index contributed by atoms with van der Waals surface area (Å²) in [4.78, 5) is 37.3. The van der Waals surface area contributed by atoms with Crippen molar-refractivity contribution < 1.29 is 33.7 Å². The quantitative estimate of drug-likeness (QED) is 0.296. The Hall–Kier alpha value is -3.86. The van der Waals surface area contributed by atoms with Crippen LogP contribution >= 0.6 is 0 Å². The number of carboxylic acid groups (broad SMARTS) is 2. The first kappa shape index (κ1) is 30.4. The molecule has 3 N–H and O–H groups in total. The molecule has 0 unspecified atom stereocenters. The Morgan fingerprint density at radius 2 is 1.58 bits per heavy atom. The maximum absolute atomic E-state index is 12.5. The van der Waals surface area contributed by atoms with Gasteiger partial charge in [0.25, 0.3) is 5.91 Å². The zero-order valence-corrected chi connectivity index (χ0v) is 21.9. The molecule has 10 nitrogen and oxygen atoms in total. The van der Waals surface area contributed by atoms with Crippen LogP contribution in [-0.4, -0.2) is 99.6 Å². The van der Waals surface area contributed by atoms with Crippen LogP contribution in [0.4, 0.5) is 15.8 Å². The highest BCUT2D eigenvalue weighted by Gasteiger charge is 2.19. The summed E-state index contributed by atoms with van der Waals surface area (Å²) in [6, 6.07) is 15.5. The van der Waals surface area contributed by atoms with E-state index >= 15 is 0 Å². The van der Waals surface area contributed by atoms with Crippen LogP contribution in [0.2, 0.25) is 0 Å². The van der Waals surface area contributed by atoms with E-state index in [4.69, 9.17) is 24.5 Å². The lowest BCUT2D eigenvalue weighted by Crippen LogP contribution is -2.46.